The van der Waals surface area contributed by atoms with Crippen molar-refractivity contribution in [1.82, 2.24) is 24.3 Å². The first-order valence-corrected chi connectivity index (χ1v) is 14.4. The van der Waals surface area contributed by atoms with Crippen LogP contribution in [-0.4, -0.2) is 57.1 Å². The van der Waals surface area contributed by atoms with E-state index in [0.717, 1.165) is 22.4 Å². The predicted molar refractivity (Wildman–Crippen MR) is 145 cm³/mol. The first-order valence-electron chi connectivity index (χ1n) is 12.9. The van der Waals surface area contributed by atoms with Crippen molar-refractivity contribution in [3.8, 4) is 5.75 Å². The van der Waals surface area contributed by atoms with Crippen LogP contribution in [0.2, 0.25) is 0 Å². The molecule has 0 aliphatic carbocycles. The predicted octanol–water partition coefficient (Wildman–Crippen LogP) is 5.45. The molecule has 38 heavy (non-hydrogen) atoms. The minimum atomic E-state index is -3.35. The summed E-state index contributed by atoms with van der Waals surface area (Å²) in [6.45, 7) is 8.65. The molecule has 4 rings (SSSR count). The average Bonchev–Trinajstić information content (AvgIpc) is 3.32. The summed E-state index contributed by atoms with van der Waals surface area (Å²) in [6, 6.07) is 7.81. The Hall–Kier alpha value is -2.99. The van der Waals surface area contributed by atoms with Gasteiger partial charge >= 0.3 is 5.97 Å². The van der Waals surface area contributed by atoms with Crippen LogP contribution >= 0.6 is 10.8 Å². The van der Waals surface area contributed by atoms with E-state index in [4.69, 9.17) is 4.74 Å². The first-order chi connectivity index (χ1) is 18.1. The van der Waals surface area contributed by atoms with Crippen LogP contribution in [0.25, 0.3) is 0 Å². The standard InChI is InChI=1S/C27H37N5O5S/c1-5-24-17-31(38(35,36)26-14-28-11-10-25(26)37-24)15-22-12-20(7-6-19(22)4)21(13-27(33)34)8-9-23-16-32(18(2)3)30-29-23/h6-7,10-12,14,16,18,21,24,35-36H,5,8-9,13,15,17H2,1-4H3,(H,33,34). The number of nitrogens with zero attached hydrogens (tertiary/aromatic N) is 5. The fourth-order valence-corrected chi connectivity index (χ4v) is 6.19. The van der Waals surface area contributed by atoms with E-state index in [0.29, 0.717) is 31.6 Å². The van der Waals surface area contributed by atoms with Crippen molar-refractivity contribution in [2.24, 2.45) is 0 Å². The van der Waals surface area contributed by atoms with Gasteiger partial charge in [-0.3, -0.25) is 18.9 Å². The maximum absolute atomic E-state index is 11.7. The third-order valence-corrected chi connectivity index (χ3v) is 8.90. The van der Waals surface area contributed by atoms with Gasteiger partial charge in [-0.25, -0.2) is 4.68 Å². The highest BCUT2D eigenvalue weighted by atomic mass is 32.3. The number of rotatable bonds is 10. The lowest BCUT2D eigenvalue weighted by Crippen LogP contribution is -2.34. The Morgan fingerprint density at radius 2 is 2.05 bits per heavy atom. The van der Waals surface area contributed by atoms with Gasteiger partial charge in [0.15, 0.2) is 0 Å². The third-order valence-electron chi connectivity index (χ3n) is 7.01. The maximum Gasteiger partial charge on any atom is 0.303 e. The SMILES string of the molecule is CCC1CN(Cc2cc(C(CCc3cn(C(C)C)nn3)CC(=O)O)ccc2C)S(O)(O)c2cnccc2O1. The number of pyridine rings is 1. The van der Waals surface area contributed by atoms with Crippen LogP contribution in [0.15, 0.2) is 47.8 Å². The lowest BCUT2D eigenvalue weighted by Gasteiger charge is -2.41. The lowest BCUT2D eigenvalue weighted by molar-refractivity contribution is -0.137. The number of hydrogen-bond acceptors (Lipinski definition) is 8. The third kappa shape index (κ3) is 6.35. The number of benzene rings is 1. The Morgan fingerprint density at radius 3 is 2.74 bits per heavy atom. The zero-order valence-electron chi connectivity index (χ0n) is 22.3. The molecule has 10 nitrogen and oxygen atoms in total. The Morgan fingerprint density at radius 1 is 1.26 bits per heavy atom. The smallest absolute Gasteiger partial charge is 0.303 e. The maximum atomic E-state index is 11.7. The van der Waals surface area contributed by atoms with Gasteiger partial charge in [-0.05, 0) is 62.6 Å². The molecule has 0 saturated carbocycles. The molecular formula is C27H37N5O5S. The summed E-state index contributed by atoms with van der Waals surface area (Å²) >= 11 is 0. The molecule has 0 radical (unpaired) electrons. The Kier molecular flexibility index (Phi) is 8.71. The Labute approximate surface area is 225 Å². The number of ether oxygens (including phenoxy) is 1. The highest BCUT2D eigenvalue weighted by Crippen LogP contribution is 2.57. The summed E-state index contributed by atoms with van der Waals surface area (Å²) in [5.74, 6) is -0.648. The van der Waals surface area contributed by atoms with Gasteiger partial charge in [0.05, 0.1) is 24.9 Å². The quantitative estimate of drug-likeness (QED) is 0.305. The highest BCUT2D eigenvalue weighted by molar-refractivity contribution is 8.22. The second kappa shape index (κ2) is 11.8. The van der Waals surface area contributed by atoms with Crippen molar-refractivity contribution >= 4 is 16.7 Å². The van der Waals surface area contributed by atoms with Crippen molar-refractivity contribution in [2.75, 3.05) is 6.54 Å². The minimum Gasteiger partial charge on any atom is -0.487 e. The molecule has 2 unspecified atom stereocenters. The molecule has 1 aromatic carbocycles. The zero-order chi connectivity index (χ0) is 27.4. The molecule has 1 aliphatic heterocycles. The van der Waals surface area contributed by atoms with Crippen molar-refractivity contribution in [3.05, 3.63) is 65.2 Å². The summed E-state index contributed by atoms with van der Waals surface area (Å²) < 4.78 is 32.2. The van der Waals surface area contributed by atoms with E-state index in [9.17, 15) is 19.0 Å². The average molecular weight is 544 g/mol. The summed E-state index contributed by atoms with van der Waals surface area (Å²) in [5, 5.41) is 18.0. The molecule has 0 amide bonds. The molecule has 0 fully saturated rings. The summed E-state index contributed by atoms with van der Waals surface area (Å²) in [4.78, 5) is 16.1. The van der Waals surface area contributed by atoms with E-state index >= 15 is 0 Å². The van der Waals surface area contributed by atoms with Crippen LogP contribution in [-0.2, 0) is 17.8 Å². The second-order valence-corrected chi connectivity index (χ2v) is 12.1. The van der Waals surface area contributed by atoms with E-state index in [-0.39, 0.29) is 35.9 Å². The van der Waals surface area contributed by atoms with Crippen LogP contribution in [0.4, 0.5) is 0 Å². The van der Waals surface area contributed by atoms with Crippen LogP contribution < -0.4 is 4.74 Å². The van der Waals surface area contributed by atoms with E-state index < -0.39 is 16.7 Å². The fraction of sp³-hybridized carbons (Fsp3) is 0.481. The van der Waals surface area contributed by atoms with E-state index in [1.54, 1.807) is 21.3 Å². The second-order valence-electron chi connectivity index (χ2n) is 10.1. The molecular weight excluding hydrogens is 506 g/mol. The van der Waals surface area contributed by atoms with Gasteiger partial charge in [-0.15, -0.1) is 15.9 Å². The number of fused-ring (bicyclic) bond motifs is 1. The molecule has 2 atom stereocenters. The van der Waals surface area contributed by atoms with Gasteiger partial charge in [0.25, 0.3) is 0 Å². The monoisotopic (exact) mass is 543 g/mol. The van der Waals surface area contributed by atoms with Crippen molar-refractivity contribution in [1.29, 1.82) is 0 Å². The van der Waals surface area contributed by atoms with Gasteiger partial charge in [0, 0.05) is 31.0 Å². The van der Waals surface area contributed by atoms with E-state index in [2.05, 4.69) is 15.3 Å². The molecule has 1 aliphatic rings. The topological polar surface area (TPSA) is 134 Å². The lowest BCUT2D eigenvalue weighted by atomic mass is 9.88. The normalized spacial score (nSPS) is 18.9. The molecule has 3 heterocycles. The number of carboxylic acids is 1. The first kappa shape index (κ1) is 28.0. The molecule has 0 spiro atoms. The van der Waals surface area contributed by atoms with Crippen molar-refractivity contribution < 1.29 is 23.7 Å². The van der Waals surface area contributed by atoms with Gasteiger partial charge in [0.1, 0.15) is 16.7 Å². The van der Waals surface area contributed by atoms with Gasteiger partial charge in [-0.2, -0.15) is 4.31 Å². The number of aromatic nitrogens is 4. The number of aryl methyl sites for hydroxylation is 2. The molecule has 2 aromatic heterocycles. The molecule has 0 bridgehead atoms. The zero-order valence-corrected chi connectivity index (χ0v) is 23.1. The van der Waals surface area contributed by atoms with Crippen molar-refractivity contribution in [2.45, 2.75) is 82.9 Å². The number of carbonyl (C=O) groups is 1. The highest BCUT2D eigenvalue weighted by Gasteiger charge is 2.35. The van der Waals surface area contributed by atoms with Crippen molar-refractivity contribution in [3.63, 3.8) is 0 Å². The minimum absolute atomic E-state index is 0.00941. The van der Waals surface area contributed by atoms with Crippen LogP contribution in [0.1, 0.15) is 74.4 Å². The number of aliphatic carboxylic acids is 1. The molecule has 0 saturated heterocycles. The Balaban J connectivity index is 1.60. The van der Waals surface area contributed by atoms with E-state index in [1.807, 2.05) is 52.1 Å². The largest absolute Gasteiger partial charge is 0.487 e. The number of carboxylic acid groups (broad SMARTS) is 1. The molecule has 3 N–H and O–H groups in total. The van der Waals surface area contributed by atoms with Gasteiger partial charge < -0.3 is 9.84 Å². The van der Waals surface area contributed by atoms with Crippen LogP contribution in [0.3, 0.4) is 0 Å². The Bertz CT molecular complexity index is 1260. The fourth-order valence-electron chi connectivity index (χ4n) is 4.63. The number of hydrogen-bond donors (Lipinski definition) is 3. The molecule has 3 aromatic rings. The van der Waals surface area contributed by atoms with E-state index in [1.165, 1.54) is 6.20 Å². The summed E-state index contributed by atoms with van der Waals surface area (Å²) in [7, 11) is -3.35. The summed E-state index contributed by atoms with van der Waals surface area (Å²) in [6.07, 6.45) is 6.64. The summed E-state index contributed by atoms with van der Waals surface area (Å²) in [5.41, 5.74) is 3.63. The van der Waals surface area contributed by atoms with Gasteiger partial charge in [0.2, 0.25) is 0 Å². The van der Waals surface area contributed by atoms with Gasteiger partial charge in [-0.1, -0.05) is 30.3 Å². The molecule has 11 heteroatoms. The molecule has 206 valence electrons. The van der Waals surface area contributed by atoms with Crippen LogP contribution in [0.5, 0.6) is 5.75 Å². The van der Waals surface area contributed by atoms with Crippen LogP contribution in [0, 0.1) is 6.92 Å².